The maximum absolute atomic E-state index is 12.8. The van der Waals surface area contributed by atoms with Crippen molar-refractivity contribution in [3.05, 3.63) is 0 Å². The second-order valence-electron chi connectivity index (χ2n) is 8.02. The maximum atomic E-state index is 12.8. The number of carbonyl (C=O) groups excluding carboxylic acids is 1. The van der Waals surface area contributed by atoms with Gasteiger partial charge in [0.05, 0.1) is 0 Å². The summed E-state index contributed by atoms with van der Waals surface area (Å²) in [6, 6.07) is 0. The Morgan fingerprint density at radius 1 is 1.05 bits per heavy atom. The molecule has 4 bridgehead atoms. The number of amides is 1. The van der Waals surface area contributed by atoms with Gasteiger partial charge in [0.25, 0.3) is 0 Å². The van der Waals surface area contributed by atoms with Crippen LogP contribution >= 0.6 is 11.6 Å². The van der Waals surface area contributed by atoms with Crippen LogP contribution in [0.2, 0.25) is 0 Å². The topological polar surface area (TPSA) is 29.1 Å². The van der Waals surface area contributed by atoms with E-state index >= 15 is 0 Å². The molecule has 4 aliphatic rings. The SMILES string of the molecule is CCC(CC)(CCl)CNC(=O)C1C2CC3CC(C2)CC1C3. The van der Waals surface area contributed by atoms with Crippen molar-refractivity contribution in [3.63, 3.8) is 0 Å². The number of halogens is 1. The van der Waals surface area contributed by atoms with E-state index in [1.165, 1.54) is 32.1 Å². The van der Waals surface area contributed by atoms with Gasteiger partial charge >= 0.3 is 0 Å². The summed E-state index contributed by atoms with van der Waals surface area (Å²) in [5.74, 6) is 4.50. The van der Waals surface area contributed by atoms with Crippen LogP contribution in [0.3, 0.4) is 0 Å². The van der Waals surface area contributed by atoms with Crippen LogP contribution in [0, 0.1) is 35.0 Å². The average molecular weight is 312 g/mol. The van der Waals surface area contributed by atoms with Crippen molar-refractivity contribution >= 4 is 17.5 Å². The minimum Gasteiger partial charge on any atom is -0.355 e. The summed E-state index contributed by atoms with van der Waals surface area (Å²) in [5, 5.41) is 3.28. The summed E-state index contributed by atoms with van der Waals surface area (Å²) < 4.78 is 0. The Bertz CT molecular complexity index is 354. The highest BCUT2D eigenvalue weighted by molar-refractivity contribution is 6.18. The Hall–Kier alpha value is -0.240. The van der Waals surface area contributed by atoms with Crippen LogP contribution in [0.25, 0.3) is 0 Å². The third-order valence-electron chi connectivity index (χ3n) is 6.95. The lowest BCUT2D eigenvalue weighted by Crippen LogP contribution is -2.52. The summed E-state index contributed by atoms with van der Waals surface area (Å²) in [6.07, 6.45) is 8.77. The van der Waals surface area contributed by atoms with E-state index in [0.717, 1.165) is 31.2 Å². The van der Waals surface area contributed by atoms with E-state index in [1.54, 1.807) is 0 Å². The van der Waals surface area contributed by atoms with Gasteiger partial charge in [0, 0.05) is 23.8 Å². The van der Waals surface area contributed by atoms with Crippen molar-refractivity contribution in [2.24, 2.45) is 35.0 Å². The minimum atomic E-state index is 0.0864. The molecule has 0 aliphatic heterocycles. The fourth-order valence-corrected chi connectivity index (χ4v) is 5.95. The molecule has 21 heavy (non-hydrogen) atoms. The van der Waals surface area contributed by atoms with Gasteiger partial charge in [0.15, 0.2) is 0 Å². The lowest BCUT2D eigenvalue weighted by molar-refractivity contribution is -0.138. The number of carbonyl (C=O) groups is 1. The molecule has 0 aromatic carbocycles. The van der Waals surface area contributed by atoms with Crippen molar-refractivity contribution in [2.45, 2.75) is 58.8 Å². The van der Waals surface area contributed by atoms with Gasteiger partial charge in [0.1, 0.15) is 0 Å². The first-order valence-electron chi connectivity index (χ1n) is 8.94. The highest BCUT2D eigenvalue weighted by Crippen LogP contribution is 2.56. The number of hydrogen-bond acceptors (Lipinski definition) is 1. The summed E-state index contributed by atoms with van der Waals surface area (Å²) in [4.78, 5) is 12.8. The Labute approximate surface area is 134 Å². The first-order valence-corrected chi connectivity index (χ1v) is 9.48. The van der Waals surface area contributed by atoms with E-state index in [2.05, 4.69) is 19.2 Å². The molecule has 4 aliphatic carbocycles. The van der Waals surface area contributed by atoms with Gasteiger partial charge in [-0.05, 0) is 68.6 Å². The Morgan fingerprint density at radius 3 is 2.00 bits per heavy atom. The molecule has 1 amide bonds. The van der Waals surface area contributed by atoms with Crippen LogP contribution in [0.5, 0.6) is 0 Å². The summed E-state index contributed by atoms with van der Waals surface area (Å²) in [7, 11) is 0. The molecule has 0 saturated heterocycles. The summed E-state index contributed by atoms with van der Waals surface area (Å²) in [6.45, 7) is 5.12. The largest absolute Gasteiger partial charge is 0.355 e. The third kappa shape index (κ3) is 2.85. The Balaban J connectivity index is 1.61. The van der Waals surface area contributed by atoms with Crippen LogP contribution in [0.4, 0.5) is 0 Å². The highest BCUT2D eigenvalue weighted by atomic mass is 35.5. The monoisotopic (exact) mass is 311 g/mol. The molecule has 0 aromatic rings. The van der Waals surface area contributed by atoms with Crippen LogP contribution in [-0.4, -0.2) is 18.3 Å². The molecule has 0 radical (unpaired) electrons. The lowest BCUT2D eigenvalue weighted by Gasteiger charge is -2.53. The molecule has 0 heterocycles. The molecule has 4 fully saturated rings. The van der Waals surface area contributed by atoms with Gasteiger partial charge in [0.2, 0.25) is 5.91 Å². The molecule has 120 valence electrons. The lowest BCUT2D eigenvalue weighted by atomic mass is 9.51. The molecule has 4 saturated carbocycles. The van der Waals surface area contributed by atoms with Crippen molar-refractivity contribution in [2.75, 3.05) is 12.4 Å². The van der Waals surface area contributed by atoms with E-state index in [-0.39, 0.29) is 5.41 Å². The summed E-state index contributed by atoms with van der Waals surface area (Å²) in [5.41, 5.74) is 0.0864. The quantitative estimate of drug-likeness (QED) is 0.731. The van der Waals surface area contributed by atoms with Gasteiger partial charge in [-0.15, -0.1) is 11.6 Å². The molecule has 2 nitrogen and oxygen atoms in total. The second kappa shape index (κ2) is 6.10. The van der Waals surface area contributed by atoms with E-state index < -0.39 is 0 Å². The standard InChI is InChI=1S/C18H30ClNO/c1-3-18(4-2,10-19)11-20-17(21)16-14-6-12-5-13(8-14)9-15(16)7-12/h12-16H,3-11H2,1-2H3,(H,20,21). The molecule has 0 spiro atoms. The van der Waals surface area contributed by atoms with E-state index in [0.29, 0.717) is 29.5 Å². The highest BCUT2D eigenvalue weighted by Gasteiger charge is 2.50. The summed E-state index contributed by atoms with van der Waals surface area (Å²) >= 11 is 6.16. The van der Waals surface area contributed by atoms with Gasteiger partial charge in [-0.2, -0.15) is 0 Å². The van der Waals surface area contributed by atoms with Crippen molar-refractivity contribution in [3.8, 4) is 0 Å². The minimum absolute atomic E-state index is 0.0864. The van der Waals surface area contributed by atoms with E-state index in [1.807, 2.05) is 0 Å². The number of hydrogen-bond donors (Lipinski definition) is 1. The molecule has 4 rings (SSSR count). The van der Waals surface area contributed by atoms with Gasteiger partial charge < -0.3 is 5.32 Å². The molecule has 0 unspecified atom stereocenters. The van der Waals surface area contributed by atoms with Gasteiger partial charge in [-0.3, -0.25) is 4.79 Å². The van der Waals surface area contributed by atoms with Crippen molar-refractivity contribution < 1.29 is 4.79 Å². The predicted octanol–water partition coefficient (Wildman–Crippen LogP) is 4.22. The average Bonchev–Trinajstić information content (AvgIpc) is 2.48. The predicted molar refractivity (Wildman–Crippen MR) is 87.3 cm³/mol. The zero-order valence-electron chi connectivity index (χ0n) is 13.5. The van der Waals surface area contributed by atoms with Crippen molar-refractivity contribution in [1.82, 2.24) is 5.32 Å². The van der Waals surface area contributed by atoms with Crippen LogP contribution < -0.4 is 5.32 Å². The molecule has 0 aromatic heterocycles. The fraction of sp³-hybridized carbons (Fsp3) is 0.944. The van der Waals surface area contributed by atoms with Crippen molar-refractivity contribution in [1.29, 1.82) is 0 Å². The first kappa shape index (κ1) is 15.6. The van der Waals surface area contributed by atoms with Gasteiger partial charge in [-0.25, -0.2) is 0 Å². The zero-order chi connectivity index (χ0) is 15.0. The number of rotatable bonds is 6. The van der Waals surface area contributed by atoms with E-state index in [9.17, 15) is 4.79 Å². The van der Waals surface area contributed by atoms with E-state index in [4.69, 9.17) is 11.6 Å². The Kier molecular flexibility index (Phi) is 4.55. The molecular formula is C18H30ClNO. The zero-order valence-corrected chi connectivity index (χ0v) is 14.3. The maximum Gasteiger partial charge on any atom is 0.223 e. The number of alkyl halides is 1. The van der Waals surface area contributed by atoms with Gasteiger partial charge in [-0.1, -0.05) is 13.8 Å². The smallest absolute Gasteiger partial charge is 0.223 e. The molecule has 1 N–H and O–H groups in total. The van der Waals surface area contributed by atoms with Crippen LogP contribution in [0.15, 0.2) is 0 Å². The first-order chi connectivity index (χ1) is 10.1. The van der Waals surface area contributed by atoms with Crippen LogP contribution in [0.1, 0.15) is 58.8 Å². The Morgan fingerprint density at radius 2 is 1.57 bits per heavy atom. The fourth-order valence-electron chi connectivity index (χ4n) is 5.48. The van der Waals surface area contributed by atoms with Crippen LogP contribution in [-0.2, 0) is 4.79 Å². The second-order valence-corrected chi connectivity index (χ2v) is 8.28. The normalized spacial score (nSPS) is 37.8. The third-order valence-corrected chi connectivity index (χ3v) is 7.52. The number of nitrogens with one attached hydrogen (secondary N) is 1. The molecule has 3 heteroatoms. The molecular weight excluding hydrogens is 282 g/mol. The molecule has 0 atom stereocenters.